The maximum atomic E-state index is 10.9. The van der Waals surface area contributed by atoms with Crippen LogP contribution in [0.1, 0.15) is 30.2 Å². The number of aromatic amines is 1. The second-order valence-corrected chi connectivity index (χ2v) is 7.82. The topological polar surface area (TPSA) is 71.6 Å². The van der Waals surface area contributed by atoms with E-state index in [0.29, 0.717) is 6.61 Å². The number of aromatic nitrogens is 1. The Morgan fingerprint density at radius 1 is 0.938 bits per heavy atom. The van der Waals surface area contributed by atoms with Crippen molar-refractivity contribution in [1.29, 1.82) is 0 Å². The van der Waals surface area contributed by atoms with E-state index in [4.69, 9.17) is 14.6 Å². The van der Waals surface area contributed by atoms with Gasteiger partial charge in [-0.25, -0.2) is 0 Å². The van der Waals surface area contributed by atoms with Crippen LogP contribution in [0.15, 0.2) is 72.8 Å². The predicted octanol–water partition coefficient (Wildman–Crippen LogP) is 6.16. The lowest BCUT2D eigenvalue weighted by atomic mass is 10.1. The number of hydrogen-bond acceptors (Lipinski definition) is 3. The Kier molecular flexibility index (Phi) is 6.75. The molecule has 0 saturated carbocycles. The summed E-state index contributed by atoms with van der Waals surface area (Å²) in [5.41, 5.74) is 4.00. The van der Waals surface area contributed by atoms with Crippen LogP contribution in [0.4, 0.5) is 0 Å². The van der Waals surface area contributed by atoms with Crippen LogP contribution in [0, 0.1) is 0 Å². The largest absolute Gasteiger partial charge is 0.493 e. The van der Waals surface area contributed by atoms with E-state index in [9.17, 15) is 4.79 Å². The fourth-order valence-corrected chi connectivity index (χ4v) is 3.78. The average molecular weight is 430 g/mol. The molecule has 5 nitrogen and oxygen atoms in total. The molecule has 0 fully saturated rings. The summed E-state index contributed by atoms with van der Waals surface area (Å²) in [7, 11) is 0. The van der Waals surface area contributed by atoms with Crippen molar-refractivity contribution in [1.82, 2.24) is 4.98 Å². The Balaban J connectivity index is 1.41. The van der Waals surface area contributed by atoms with Crippen molar-refractivity contribution in [2.24, 2.45) is 0 Å². The molecule has 0 bridgehead atoms. The van der Waals surface area contributed by atoms with Gasteiger partial charge in [-0.3, -0.25) is 4.79 Å². The van der Waals surface area contributed by atoms with Gasteiger partial charge < -0.3 is 19.6 Å². The molecule has 0 aliphatic rings. The summed E-state index contributed by atoms with van der Waals surface area (Å²) in [6.45, 7) is 2.70. The lowest BCUT2D eigenvalue weighted by Crippen LogP contribution is -2.04. The lowest BCUT2D eigenvalue weighted by molar-refractivity contribution is -0.136. The first-order chi connectivity index (χ1) is 15.6. The van der Waals surface area contributed by atoms with Crippen LogP contribution in [-0.2, 0) is 24.1 Å². The maximum absolute atomic E-state index is 10.9. The Labute approximate surface area is 187 Å². The molecule has 1 aromatic heterocycles. The zero-order valence-corrected chi connectivity index (χ0v) is 18.1. The number of benzene rings is 3. The van der Waals surface area contributed by atoms with Gasteiger partial charge in [0.25, 0.3) is 0 Å². The summed E-state index contributed by atoms with van der Waals surface area (Å²) < 4.78 is 12.1. The number of hydrogen-bond donors (Lipinski definition) is 2. The van der Waals surface area contributed by atoms with Gasteiger partial charge in [0.05, 0.1) is 13.0 Å². The third-order valence-corrected chi connectivity index (χ3v) is 5.26. The molecule has 0 unspecified atom stereocenters. The van der Waals surface area contributed by atoms with Gasteiger partial charge in [-0.05, 0) is 71.5 Å². The number of H-pyrrole nitrogens is 1. The molecular weight excluding hydrogens is 402 g/mol. The van der Waals surface area contributed by atoms with Crippen molar-refractivity contribution in [3.8, 4) is 17.2 Å². The number of rotatable bonds is 10. The molecule has 0 aliphatic carbocycles. The number of carboxylic acids is 1. The van der Waals surface area contributed by atoms with Crippen LogP contribution in [0.3, 0.4) is 0 Å². The number of aliphatic carboxylic acids is 1. The molecule has 1 heterocycles. The second-order valence-electron chi connectivity index (χ2n) is 7.82. The van der Waals surface area contributed by atoms with Crippen LogP contribution in [0.25, 0.3) is 10.9 Å². The first kappa shape index (κ1) is 21.5. The fourth-order valence-electron chi connectivity index (χ4n) is 3.78. The van der Waals surface area contributed by atoms with Gasteiger partial charge >= 0.3 is 5.97 Å². The summed E-state index contributed by atoms with van der Waals surface area (Å²) in [5.74, 6) is 1.68. The molecule has 0 aliphatic heterocycles. The van der Waals surface area contributed by atoms with Gasteiger partial charge in [0, 0.05) is 17.6 Å². The third kappa shape index (κ3) is 5.49. The molecule has 0 radical (unpaired) electrons. The highest BCUT2D eigenvalue weighted by molar-refractivity contribution is 5.82. The zero-order valence-electron chi connectivity index (χ0n) is 18.1. The highest BCUT2D eigenvalue weighted by atomic mass is 16.5. The molecule has 0 amide bonds. The van der Waals surface area contributed by atoms with Gasteiger partial charge in [0.2, 0.25) is 0 Å². The van der Waals surface area contributed by atoms with Gasteiger partial charge in [0.1, 0.15) is 17.2 Å². The summed E-state index contributed by atoms with van der Waals surface area (Å²) in [6, 6.07) is 23.5. The minimum absolute atomic E-state index is 0.0315. The number of carboxylic acid groups (broad SMARTS) is 1. The van der Waals surface area contributed by atoms with E-state index >= 15 is 0 Å². The molecule has 0 atom stereocenters. The molecule has 4 aromatic rings. The number of fused-ring (bicyclic) bond motifs is 1. The van der Waals surface area contributed by atoms with Crippen molar-refractivity contribution in [2.45, 2.75) is 32.6 Å². The smallest absolute Gasteiger partial charge is 0.307 e. The number of para-hydroxylation sites is 1. The summed E-state index contributed by atoms with van der Waals surface area (Å²) in [4.78, 5) is 14.3. The standard InChI is InChI=1S/C27H27NO4/c1-2-6-20-18-24(32-23-7-4-3-5-8-23)10-12-26(20)31-14-13-22-17-21-15-19(16-27(29)30)9-11-25(21)28-22/h3-5,7-12,15,17-18,28H,2,6,13-14,16H2,1H3,(H,29,30). The summed E-state index contributed by atoms with van der Waals surface area (Å²) in [5, 5.41) is 10.0. The Morgan fingerprint density at radius 2 is 1.78 bits per heavy atom. The highest BCUT2D eigenvalue weighted by Crippen LogP contribution is 2.29. The Morgan fingerprint density at radius 3 is 2.56 bits per heavy atom. The van der Waals surface area contributed by atoms with Gasteiger partial charge in [-0.15, -0.1) is 0 Å². The van der Waals surface area contributed by atoms with Crippen LogP contribution < -0.4 is 9.47 Å². The molecule has 5 heteroatoms. The van der Waals surface area contributed by atoms with Crippen LogP contribution >= 0.6 is 0 Å². The Hall–Kier alpha value is -3.73. The van der Waals surface area contributed by atoms with Crippen LogP contribution in [0.2, 0.25) is 0 Å². The molecular formula is C27H27NO4. The van der Waals surface area contributed by atoms with Gasteiger partial charge in [0.15, 0.2) is 0 Å². The van der Waals surface area contributed by atoms with Crippen LogP contribution in [0.5, 0.6) is 17.2 Å². The summed E-state index contributed by atoms with van der Waals surface area (Å²) >= 11 is 0. The monoisotopic (exact) mass is 429 g/mol. The fraction of sp³-hybridized carbons (Fsp3) is 0.222. The van der Waals surface area contributed by atoms with E-state index in [-0.39, 0.29) is 6.42 Å². The van der Waals surface area contributed by atoms with E-state index in [1.807, 2.05) is 60.7 Å². The Bertz CT molecular complexity index is 1200. The second kappa shape index (κ2) is 10.1. The molecule has 0 saturated heterocycles. The van der Waals surface area contributed by atoms with E-state index in [0.717, 1.165) is 64.2 Å². The van der Waals surface area contributed by atoms with Crippen LogP contribution in [-0.4, -0.2) is 22.7 Å². The third-order valence-electron chi connectivity index (χ3n) is 5.26. The predicted molar refractivity (Wildman–Crippen MR) is 126 cm³/mol. The first-order valence-electron chi connectivity index (χ1n) is 10.9. The molecule has 32 heavy (non-hydrogen) atoms. The molecule has 164 valence electrons. The number of ether oxygens (including phenoxy) is 2. The van der Waals surface area contributed by atoms with Crippen molar-refractivity contribution in [2.75, 3.05) is 6.61 Å². The average Bonchev–Trinajstić information content (AvgIpc) is 3.18. The number of carbonyl (C=O) groups is 1. The van der Waals surface area contributed by atoms with Crippen molar-refractivity contribution in [3.05, 3.63) is 89.6 Å². The number of nitrogens with one attached hydrogen (secondary N) is 1. The first-order valence-corrected chi connectivity index (χ1v) is 10.9. The van der Waals surface area contributed by atoms with Gasteiger partial charge in [-0.1, -0.05) is 37.6 Å². The van der Waals surface area contributed by atoms with Gasteiger partial charge in [-0.2, -0.15) is 0 Å². The molecule has 2 N–H and O–H groups in total. The minimum atomic E-state index is -0.823. The molecule has 3 aromatic carbocycles. The van der Waals surface area contributed by atoms with E-state index in [2.05, 4.69) is 24.0 Å². The highest BCUT2D eigenvalue weighted by Gasteiger charge is 2.09. The lowest BCUT2D eigenvalue weighted by Gasteiger charge is -2.13. The minimum Gasteiger partial charge on any atom is -0.493 e. The van der Waals surface area contributed by atoms with E-state index in [1.165, 1.54) is 0 Å². The van der Waals surface area contributed by atoms with Crippen molar-refractivity contribution in [3.63, 3.8) is 0 Å². The van der Waals surface area contributed by atoms with Crippen molar-refractivity contribution >= 4 is 16.9 Å². The molecule has 0 spiro atoms. The zero-order chi connectivity index (χ0) is 22.3. The summed E-state index contributed by atoms with van der Waals surface area (Å²) in [6.07, 6.45) is 2.70. The van der Waals surface area contributed by atoms with E-state index in [1.54, 1.807) is 0 Å². The quantitative estimate of drug-likeness (QED) is 0.317. The van der Waals surface area contributed by atoms with Crippen molar-refractivity contribution < 1.29 is 19.4 Å². The SMILES string of the molecule is CCCc1cc(Oc2ccccc2)ccc1OCCc1cc2cc(CC(=O)O)ccc2[nH]1. The normalized spacial score (nSPS) is 10.9. The maximum Gasteiger partial charge on any atom is 0.307 e. The molecule has 4 rings (SSSR count). The van der Waals surface area contributed by atoms with E-state index < -0.39 is 5.97 Å². The number of aryl methyl sites for hydroxylation is 1.